The second-order valence-corrected chi connectivity index (χ2v) is 0. The summed E-state index contributed by atoms with van der Waals surface area (Å²) in [5.41, 5.74) is 0. The van der Waals surface area contributed by atoms with E-state index in [9.17, 15) is 0 Å². The summed E-state index contributed by atoms with van der Waals surface area (Å²) in [6.45, 7) is 0. The Morgan fingerprint density at radius 3 is 0.600 bits per heavy atom. The molecule has 0 aliphatic heterocycles. The first-order chi connectivity index (χ1) is 0. The minimum atomic E-state index is 0. The largest absolute Gasteiger partial charge is 2.00 e. The summed E-state index contributed by atoms with van der Waals surface area (Å²) in [4.78, 5) is 0. The Morgan fingerprint density at radius 2 is 0.600 bits per heavy atom. The van der Waals surface area contributed by atoms with Crippen LogP contribution in [0.15, 0.2) is 0 Å². The Labute approximate surface area is 77.2 Å². The van der Waals surface area contributed by atoms with Gasteiger partial charge in [-0.15, -0.1) is 0 Å². The molecule has 0 saturated heterocycles. The summed E-state index contributed by atoms with van der Waals surface area (Å²) in [5.74, 6) is 0. The van der Waals surface area contributed by atoms with Gasteiger partial charge in [0, 0.05) is 0 Å². The number of hydrogen-bond acceptors (Lipinski definition) is 0. The second-order valence-electron chi connectivity index (χ2n) is 0. The maximum atomic E-state index is 0. The van der Waals surface area contributed by atoms with Gasteiger partial charge < -0.3 is 14.1 Å². The Morgan fingerprint density at radius 1 is 0.600 bits per heavy atom. The van der Waals surface area contributed by atoms with Crippen LogP contribution in [0.2, 0.25) is 0 Å². The Kier molecular flexibility index (Phi) is 540. The third-order valence-corrected chi connectivity index (χ3v) is 0. The fourth-order valence-electron chi connectivity index (χ4n) is 0. The predicted molar refractivity (Wildman–Crippen MR) is 5.75 cm³/mol. The van der Waals surface area contributed by atoms with Gasteiger partial charge in [0.05, 0.1) is 0 Å². The molecule has 5 heavy (non-hydrogen) atoms. The van der Waals surface area contributed by atoms with Crippen LogP contribution in [0, 0.1) is 0 Å². The molecule has 0 N–H and O–H groups in total. The van der Waals surface area contributed by atoms with Crippen LogP contribution in [-0.4, -0.2) is 45.5 Å². The van der Waals surface area contributed by atoms with Gasteiger partial charge in [-0.05, 0) is 0 Å². The van der Waals surface area contributed by atoms with Crippen molar-refractivity contribution in [3.63, 3.8) is 0 Å². The summed E-state index contributed by atoms with van der Waals surface area (Å²) in [7, 11) is 0. The molecule has 0 bridgehead atoms. The Balaban J connectivity index is 0. The Bertz CT molecular complexity index is 6.85. The fourth-order valence-corrected chi connectivity index (χ4v) is 0. The fraction of sp³-hybridized carbons (Fsp3) is 0. The van der Waals surface area contributed by atoms with Crippen molar-refractivity contribution in [1.29, 1.82) is 0 Å². The van der Waals surface area contributed by atoms with Crippen LogP contribution in [0.4, 0.5) is 0 Å². The number of halogens is 3. The minimum absolute atomic E-state index is 0. The van der Waals surface area contributed by atoms with Gasteiger partial charge in [-0.25, -0.2) is 0 Å². The maximum Gasteiger partial charge on any atom is 2.00 e. The van der Waals surface area contributed by atoms with Crippen molar-refractivity contribution in [2.24, 2.45) is 0 Å². The molecule has 0 nitrogen and oxygen atoms in total. The zero-order chi connectivity index (χ0) is 0. The van der Waals surface area contributed by atoms with Gasteiger partial charge in [0.25, 0.3) is 0 Å². The molecule has 0 saturated carbocycles. The topological polar surface area (TPSA) is 0 Å². The molecule has 0 atom stereocenters. The van der Waals surface area contributed by atoms with Gasteiger partial charge in [0.1, 0.15) is 0 Å². The van der Waals surface area contributed by atoms with E-state index in [4.69, 9.17) is 0 Å². The molecule has 0 fully saturated rings. The molecule has 0 unspecified atom stereocenters. The predicted octanol–water partition coefficient (Wildman–Crippen LogP) is -12.4. The minimum Gasteiger partial charge on any atom is -1.00 e. The van der Waals surface area contributed by atoms with Crippen LogP contribution in [0.5, 0.6) is 0 Å². The first kappa shape index (κ1) is 67.8. The normalized spacial score (nSPS) is 0. The molecule has 24 valence electrons. The van der Waals surface area contributed by atoms with Crippen LogP contribution >= 0.6 is 0 Å². The maximum absolute atomic E-state index is 0. The molecule has 0 aliphatic carbocycles. The summed E-state index contributed by atoms with van der Waals surface area (Å²) in [6.07, 6.45) is 0. The molecular weight excluding hydrogens is 152 g/mol. The van der Waals surface area contributed by atoms with E-state index < -0.39 is 0 Å². The smallest absolute Gasteiger partial charge is 1.00 e. The molecule has 0 rings (SSSR count). The summed E-state index contributed by atoms with van der Waals surface area (Å²) in [6, 6.07) is 0. The van der Waals surface area contributed by atoms with Gasteiger partial charge in [0.15, 0.2) is 0 Å². The van der Waals surface area contributed by atoms with Crippen LogP contribution in [0.25, 0.3) is 0 Å². The van der Waals surface area contributed by atoms with E-state index >= 15 is 0 Å². The zero-order valence-corrected chi connectivity index (χ0v) is 6.32. The van der Waals surface area contributed by atoms with E-state index in [0.29, 0.717) is 0 Å². The van der Waals surface area contributed by atoms with Crippen molar-refractivity contribution in [2.75, 3.05) is 0 Å². The molecule has 0 aromatic rings. The summed E-state index contributed by atoms with van der Waals surface area (Å²) >= 11 is 0. The number of rotatable bonds is 0. The summed E-state index contributed by atoms with van der Waals surface area (Å²) < 4.78 is 0. The van der Waals surface area contributed by atoms with E-state index in [1.165, 1.54) is 0 Å². The van der Waals surface area contributed by atoms with Gasteiger partial charge in [-0.1, -0.05) is 0 Å². The average Bonchev–Trinajstić information content (AvgIpc) is 0. The van der Waals surface area contributed by atoms with E-state index in [0.717, 1.165) is 0 Å². The Hall–Kier alpha value is 1.87. The first-order valence-corrected chi connectivity index (χ1v) is 0. The molecule has 5 heteroatoms. The van der Waals surface area contributed by atoms with Gasteiger partial charge in [-0.2, -0.15) is 0 Å². The molecule has 0 radical (unpaired) electrons. The monoisotopic (exact) mass is 152 g/mol. The van der Waals surface area contributed by atoms with Crippen molar-refractivity contribution in [2.45, 2.75) is 0 Å². The van der Waals surface area contributed by atoms with E-state index in [1.54, 1.807) is 0 Å². The third-order valence-electron chi connectivity index (χ3n) is 0. The van der Waals surface area contributed by atoms with Crippen molar-refractivity contribution in [3.05, 3.63) is 0 Å². The number of hydrogen-bond donors (Lipinski definition) is 0. The van der Waals surface area contributed by atoms with Crippen LogP contribution in [0.1, 0.15) is 0 Å². The van der Waals surface area contributed by atoms with Gasteiger partial charge >= 0.3 is 64.3 Å². The molecule has 0 aromatic heterocycles. The molecule has 0 spiro atoms. The van der Waals surface area contributed by atoms with Crippen molar-refractivity contribution in [3.8, 4) is 0 Å². The van der Waals surface area contributed by atoms with Crippen molar-refractivity contribution >= 4 is 45.5 Å². The first-order valence-electron chi connectivity index (χ1n) is 0. The third kappa shape index (κ3) is 25.2. The van der Waals surface area contributed by atoms with Gasteiger partial charge in [-0.3, -0.25) is 0 Å². The molecule has 0 amide bonds. The molecular formula is F3LiSr. The van der Waals surface area contributed by atoms with Crippen LogP contribution in [0.3, 0.4) is 0 Å². The molecule has 0 aromatic carbocycles. The SMILES string of the molecule is [F-].[F-].[F-].[Li+].[Sr+2]. The van der Waals surface area contributed by atoms with E-state index in [2.05, 4.69) is 0 Å². The molecule has 0 aliphatic rings. The van der Waals surface area contributed by atoms with E-state index in [-0.39, 0.29) is 78.5 Å². The van der Waals surface area contributed by atoms with Crippen LogP contribution < -0.4 is 33.0 Å². The standard InChI is InChI=1S/3FH.Li.Sr/h3*1H;;/q;;;+1;+2/p-3. The second kappa shape index (κ2) is 39.9. The van der Waals surface area contributed by atoms with Gasteiger partial charge in [0.2, 0.25) is 0 Å². The van der Waals surface area contributed by atoms with Crippen molar-refractivity contribution < 1.29 is 33.0 Å². The molecule has 0 heterocycles. The van der Waals surface area contributed by atoms with E-state index in [1.807, 2.05) is 0 Å². The van der Waals surface area contributed by atoms with Crippen molar-refractivity contribution in [1.82, 2.24) is 0 Å². The zero-order valence-electron chi connectivity index (χ0n) is 2.84. The average molecular weight is 152 g/mol. The summed E-state index contributed by atoms with van der Waals surface area (Å²) in [5, 5.41) is 0. The quantitative estimate of drug-likeness (QED) is 0.302. The van der Waals surface area contributed by atoms with Crippen LogP contribution in [-0.2, 0) is 0 Å².